The quantitative estimate of drug-likeness (QED) is 0.558. The zero-order valence-corrected chi connectivity index (χ0v) is 16.5. The van der Waals surface area contributed by atoms with E-state index in [0.29, 0.717) is 19.8 Å². The molecule has 1 aromatic heterocycles. The van der Waals surface area contributed by atoms with Gasteiger partial charge in [0.15, 0.2) is 0 Å². The minimum absolute atomic E-state index is 0.174. The first kappa shape index (κ1) is 21.3. The van der Waals surface area contributed by atoms with Crippen molar-refractivity contribution in [3.05, 3.63) is 23.7 Å². The van der Waals surface area contributed by atoms with E-state index in [1.165, 1.54) is 10.9 Å². The Bertz CT molecular complexity index is 723. The molecule has 0 bridgehead atoms. The first-order chi connectivity index (χ1) is 12.9. The van der Waals surface area contributed by atoms with Gasteiger partial charge in [-0.3, -0.25) is 4.68 Å². The van der Waals surface area contributed by atoms with Crippen molar-refractivity contribution >= 4 is 12.7 Å². The summed E-state index contributed by atoms with van der Waals surface area (Å²) >= 11 is 0. The topological polar surface area (TPSA) is 45.5 Å². The van der Waals surface area contributed by atoms with Gasteiger partial charge in [-0.25, -0.2) is 4.39 Å². The van der Waals surface area contributed by atoms with Gasteiger partial charge in [0.2, 0.25) is 0 Å². The lowest BCUT2D eigenvalue weighted by Gasteiger charge is -2.32. The molecule has 1 unspecified atom stereocenters. The van der Waals surface area contributed by atoms with Crippen LogP contribution in [0.2, 0.25) is 0 Å². The molecule has 0 aromatic carbocycles. The van der Waals surface area contributed by atoms with Gasteiger partial charge in [0, 0.05) is 30.8 Å². The molecule has 156 valence electrons. The molecule has 0 amide bonds. The monoisotopic (exact) mass is 404 g/mol. The Hall–Kier alpha value is -1.39. The molecule has 3 rings (SSSR count). The standard InChI is InChI=1S/C18H25BF4N2O3/c1-16(2)17(3,4)28-19(27-16)15(20)14(18(21,22)23)13-8-24-25(10-13)9-12-6-5-7-26-11-12/h8,10,12H,5-7,9,11H2,1-4H3. The molecule has 0 spiro atoms. The predicted molar refractivity (Wildman–Crippen MR) is 95.9 cm³/mol. The van der Waals surface area contributed by atoms with Crippen LogP contribution < -0.4 is 0 Å². The van der Waals surface area contributed by atoms with E-state index in [0.717, 1.165) is 19.0 Å². The van der Waals surface area contributed by atoms with Crippen molar-refractivity contribution in [3.8, 4) is 0 Å². The predicted octanol–water partition coefficient (Wildman–Crippen LogP) is 4.18. The van der Waals surface area contributed by atoms with Crippen LogP contribution in [-0.4, -0.2) is 47.5 Å². The number of nitrogens with zero attached hydrogens (tertiary/aromatic N) is 2. The molecular weight excluding hydrogens is 379 g/mol. The molecule has 3 heterocycles. The third-order valence-corrected chi connectivity index (χ3v) is 5.60. The van der Waals surface area contributed by atoms with Gasteiger partial charge in [-0.15, -0.1) is 0 Å². The molecule has 2 aliphatic rings. The van der Waals surface area contributed by atoms with Gasteiger partial charge in [-0.1, -0.05) is 0 Å². The van der Waals surface area contributed by atoms with Gasteiger partial charge < -0.3 is 14.0 Å². The molecule has 1 aromatic rings. The SMILES string of the molecule is CC1(C)OB(C(F)=C(c2cnn(CC3CCCOC3)c2)C(F)(F)F)OC1(C)C. The third-order valence-electron chi connectivity index (χ3n) is 5.60. The van der Waals surface area contributed by atoms with Crippen molar-refractivity contribution in [3.63, 3.8) is 0 Å². The van der Waals surface area contributed by atoms with Crippen molar-refractivity contribution in [1.29, 1.82) is 0 Å². The normalized spacial score (nSPS) is 25.7. The summed E-state index contributed by atoms with van der Waals surface area (Å²) in [6.07, 6.45) is -0.864. The Balaban J connectivity index is 1.88. The van der Waals surface area contributed by atoms with Gasteiger partial charge in [-0.2, -0.15) is 18.3 Å². The summed E-state index contributed by atoms with van der Waals surface area (Å²) in [5.74, 6) is 0.174. The van der Waals surface area contributed by atoms with Crippen molar-refractivity contribution < 1.29 is 31.6 Å². The second kappa shape index (κ2) is 7.46. The molecule has 5 nitrogen and oxygen atoms in total. The van der Waals surface area contributed by atoms with E-state index in [4.69, 9.17) is 14.0 Å². The van der Waals surface area contributed by atoms with Crippen LogP contribution in [0.25, 0.3) is 5.57 Å². The van der Waals surface area contributed by atoms with E-state index in [9.17, 15) is 17.6 Å². The minimum Gasteiger partial charge on any atom is -0.398 e. The highest BCUT2D eigenvalue weighted by molar-refractivity contribution is 6.55. The number of allylic oxidation sites excluding steroid dienone is 1. The van der Waals surface area contributed by atoms with E-state index in [1.54, 1.807) is 27.7 Å². The van der Waals surface area contributed by atoms with Crippen molar-refractivity contribution in [2.75, 3.05) is 13.2 Å². The van der Waals surface area contributed by atoms with Crippen LogP contribution in [0.4, 0.5) is 17.6 Å². The molecule has 28 heavy (non-hydrogen) atoms. The van der Waals surface area contributed by atoms with E-state index < -0.39 is 35.8 Å². The number of aromatic nitrogens is 2. The fourth-order valence-electron chi connectivity index (χ4n) is 3.31. The Labute approximate surface area is 162 Å². The second-order valence-electron chi connectivity index (χ2n) is 8.34. The first-order valence-corrected chi connectivity index (χ1v) is 9.34. The summed E-state index contributed by atoms with van der Waals surface area (Å²) in [7, 11) is -1.73. The zero-order chi connectivity index (χ0) is 20.7. The van der Waals surface area contributed by atoms with E-state index in [-0.39, 0.29) is 11.5 Å². The molecule has 0 aliphatic carbocycles. The fraction of sp³-hybridized carbons (Fsp3) is 0.722. The number of halogens is 4. The molecule has 0 radical (unpaired) electrons. The Morgan fingerprint density at radius 3 is 2.43 bits per heavy atom. The molecule has 2 saturated heterocycles. The molecular formula is C18H25BF4N2O3. The lowest BCUT2D eigenvalue weighted by molar-refractivity contribution is -0.0699. The summed E-state index contributed by atoms with van der Waals surface area (Å²) in [6, 6.07) is 0. The molecule has 0 saturated carbocycles. The lowest BCUT2D eigenvalue weighted by atomic mass is 9.83. The van der Waals surface area contributed by atoms with E-state index >= 15 is 0 Å². The van der Waals surface area contributed by atoms with Crippen LogP contribution in [0.5, 0.6) is 0 Å². The molecule has 10 heteroatoms. The number of hydrogen-bond acceptors (Lipinski definition) is 4. The maximum absolute atomic E-state index is 15.0. The lowest BCUT2D eigenvalue weighted by Crippen LogP contribution is -2.41. The third kappa shape index (κ3) is 4.28. The summed E-state index contributed by atoms with van der Waals surface area (Å²) in [5.41, 5.74) is -5.16. The van der Waals surface area contributed by atoms with Gasteiger partial charge in [-0.05, 0) is 40.5 Å². The molecule has 0 N–H and O–H groups in total. The highest BCUT2D eigenvalue weighted by Gasteiger charge is 2.55. The van der Waals surface area contributed by atoms with E-state index in [2.05, 4.69) is 5.10 Å². The van der Waals surface area contributed by atoms with Crippen molar-refractivity contribution in [1.82, 2.24) is 9.78 Å². The second-order valence-corrected chi connectivity index (χ2v) is 8.34. The maximum atomic E-state index is 15.0. The van der Waals surface area contributed by atoms with Crippen LogP contribution in [0.3, 0.4) is 0 Å². The average Bonchev–Trinajstić information content (AvgIpc) is 3.09. The summed E-state index contributed by atoms with van der Waals surface area (Å²) in [6.45, 7) is 8.26. The Morgan fingerprint density at radius 2 is 1.89 bits per heavy atom. The fourth-order valence-corrected chi connectivity index (χ4v) is 3.31. The smallest absolute Gasteiger partial charge is 0.398 e. The van der Waals surface area contributed by atoms with Crippen LogP contribution in [0, 0.1) is 5.92 Å². The van der Waals surface area contributed by atoms with E-state index in [1.807, 2.05) is 0 Å². The maximum Gasteiger partial charge on any atom is 0.525 e. The summed E-state index contributed by atoms with van der Waals surface area (Å²) in [4.78, 5) is 0. The Morgan fingerprint density at radius 1 is 1.25 bits per heavy atom. The van der Waals surface area contributed by atoms with Crippen molar-refractivity contribution in [2.24, 2.45) is 5.92 Å². The summed E-state index contributed by atoms with van der Waals surface area (Å²) in [5, 5.41) is 3.99. The Kier molecular flexibility index (Phi) is 5.68. The molecule has 2 fully saturated rings. The molecule has 1 atom stereocenters. The average molecular weight is 404 g/mol. The number of ether oxygens (including phenoxy) is 1. The first-order valence-electron chi connectivity index (χ1n) is 9.34. The van der Waals surface area contributed by atoms with Gasteiger partial charge >= 0.3 is 13.3 Å². The van der Waals surface area contributed by atoms with Gasteiger partial charge in [0.1, 0.15) is 5.73 Å². The van der Waals surface area contributed by atoms with Crippen LogP contribution in [0.15, 0.2) is 18.1 Å². The number of rotatable bonds is 4. The molecule has 2 aliphatic heterocycles. The number of hydrogen-bond donors (Lipinski definition) is 0. The minimum atomic E-state index is -4.92. The highest BCUT2D eigenvalue weighted by atomic mass is 19.4. The van der Waals surface area contributed by atoms with Crippen LogP contribution in [0.1, 0.15) is 46.1 Å². The number of alkyl halides is 3. The van der Waals surface area contributed by atoms with Crippen molar-refractivity contribution in [2.45, 2.75) is 64.5 Å². The largest absolute Gasteiger partial charge is 0.525 e. The van der Waals surface area contributed by atoms with Crippen LogP contribution in [-0.2, 0) is 20.6 Å². The van der Waals surface area contributed by atoms with Gasteiger partial charge in [0.05, 0.1) is 29.6 Å². The summed E-state index contributed by atoms with van der Waals surface area (Å²) < 4.78 is 73.7. The highest BCUT2D eigenvalue weighted by Crippen LogP contribution is 2.43. The zero-order valence-electron chi connectivity index (χ0n) is 16.5. The van der Waals surface area contributed by atoms with Gasteiger partial charge in [0.25, 0.3) is 0 Å². The van der Waals surface area contributed by atoms with Crippen LogP contribution >= 0.6 is 0 Å².